The SMILES string of the molecule is Cc1cc(CNC(C)CCN)ccn1. The number of nitrogens with zero attached hydrogens (tertiary/aromatic N) is 1. The number of hydrogen-bond donors (Lipinski definition) is 2. The molecule has 1 heterocycles. The van der Waals surface area contributed by atoms with Gasteiger partial charge in [0, 0.05) is 24.5 Å². The summed E-state index contributed by atoms with van der Waals surface area (Å²) in [7, 11) is 0. The topological polar surface area (TPSA) is 50.9 Å². The van der Waals surface area contributed by atoms with E-state index in [1.807, 2.05) is 19.2 Å². The molecular formula is C11H19N3. The average molecular weight is 193 g/mol. The summed E-state index contributed by atoms with van der Waals surface area (Å²) in [6, 6.07) is 4.62. The highest BCUT2D eigenvalue weighted by molar-refractivity contribution is 5.15. The van der Waals surface area contributed by atoms with Gasteiger partial charge in [-0.25, -0.2) is 0 Å². The molecule has 1 unspecified atom stereocenters. The van der Waals surface area contributed by atoms with E-state index in [0.717, 1.165) is 25.2 Å². The van der Waals surface area contributed by atoms with Crippen LogP contribution in [0.15, 0.2) is 18.3 Å². The Labute approximate surface area is 85.7 Å². The number of pyridine rings is 1. The van der Waals surface area contributed by atoms with Crippen molar-refractivity contribution in [3.8, 4) is 0 Å². The number of rotatable bonds is 5. The summed E-state index contributed by atoms with van der Waals surface area (Å²) in [4.78, 5) is 4.16. The molecule has 3 nitrogen and oxygen atoms in total. The van der Waals surface area contributed by atoms with Gasteiger partial charge in [0.1, 0.15) is 0 Å². The molecule has 0 saturated carbocycles. The third kappa shape index (κ3) is 3.85. The Bertz CT molecular complexity index is 273. The third-order valence-corrected chi connectivity index (χ3v) is 2.22. The van der Waals surface area contributed by atoms with Crippen LogP contribution in [0.4, 0.5) is 0 Å². The van der Waals surface area contributed by atoms with E-state index in [1.165, 1.54) is 5.56 Å². The summed E-state index contributed by atoms with van der Waals surface area (Å²) in [5, 5.41) is 3.42. The van der Waals surface area contributed by atoms with E-state index < -0.39 is 0 Å². The van der Waals surface area contributed by atoms with Crippen LogP contribution in [-0.2, 0) is 6.54 Å². The van der Waals surface area contributed by atoms with E-state index in [2.05, 4.69) is 23.3 Å². The summed E-state index contributed by atoms with van der Waals surface area (Å²) in [6.07, 6.45) is 2.87. The molecule has 14 heavy (non-hydrogen) atoms. The van der Waals surface area contributed by atoms with Crippen LogP contribution in [0.2, 0.25) is 0 Å². The molecule has 1 atom stereocenters. The second-order valence-electron chi connectivity index (χ2n) is 3.66. The van der Waals surface area contributed by atoms with E-state index >= 15 is 0 Å². The zero-order valence-electron chi connectivity index (χ0n) is 8.96. The van der Waals surface area contributed by atoms with E-state index in [4.69, 9.17) is 5.73 Å². The second kappa shape index (κ2) is 5.73. The van der Waals surface area contributed by atoms with Gasteiger partial charge < -0.3 is 11.1 Å². The van der Waals surface area contributed by atoms with Crippen LogP contribution in [0.25, 0.3) is 0 Å². The molecule has 0 aromatic carbocycles. The minimum absolute atomic E-state index is 0.480. The lowest BCUT2D eigenvalue weighted by molar-refractivity contribution is 0.519. The fourth-order valence-corrected chi connectivity index (χ4v) is 1.36. The molecule has 0 aliphatic heterocycles. The molecule has 1 aromatic rings. The fraction of sp³-hybridized carbons (Fsp3) is 0.545. The molecule has 0 fully saturated rings. The molecule has 78 valence electrons. The number of nitrogens with one attached hydrogen (secondary N) is 1. The molecule has 1 rings (SSSR count). The Morgan fingerprint density at radius 3 is 3.00 bits per heavy atom. The van der Waals surface area contributed by atoms with Crippen molar-refractivity contribution < 1.29 is 0 Å². The lowest BCUT2D eigenvalue weighted by Gasteiger charge is -2.12. The van der Waals surface area contributed by atoms with Crippen LogP contribution >= 0.6 is 0 Å². The molecule has 0 radical (unpaired) electrons. The van der Waals surface area contributed by atoms with Gasteiger partial charge in [0.05, 0.1) is 0 Å². The summed E-state index contributed by atoms with van der Waals surface area (Å²) >= 11 is 0. The highest BCUT2D eigenvalue weighted by atomic mass is 14.9. The van der Waals surface area contributed by atoms with Crippen LogP contribution in [-0.4, -0.2) is 17.6 Å². The van der Waals surface area contributed by atoms with Crippen LogP contribution in [0, 0.1) is 6.92 Å². The van der Waals surface area contributed by atoms with Crippen molar-refractivity contribution in [2.75, 3.05) is 6.54 Å². The minimum atomic E-state index is 0.480. The first-order valence-corrected chi connectivity index (χ1v) is 5.07. The number of hydrogen-bond acceptors (Lipinski definition) is 3. The van der Waals surface area contributed by atoms with Crippen LogP contribution in [0.1, 0.15) is 24.6 Å². The predicted molar refractivity (Wildman–Crippen MR) is 58.9 cm³/mol. The molecule has 0 aliphatic rings. The van der Waals surface area contributed by atoms with Gasteiger partial charge in [-0.3, -0.25) is 4.98 Å². The quantitative estimate of drug-likeness (QED) is 0.739. The molecule has 0 bridgehead atoms. The van der Waals surface area contributed by atoms with Crippen LogP contribution < -0.4 is 11.1 Å². The molecule has 3 N–H and O–H groups in total. The van der Waals surface area contributed by atoms with E-state index in [-0.39, 0.29) is 0 Å². The first-order chi connectivity index (χ1) is 6.72. The summed E-state index contributed by atoms with van der Waals surface area (Å²) in [5.74, 6) is 0. The predicted octanol–water partition coefficient (Wildman–Crippen LogP) is 1.22. The van der Waals surface area contributed by atoms with Gasteiger partial charge in [-0.2, -0.15) is 0 Å². The van der Waals surface area contributed by atoms with Gasteiger partial charge in [-0.1, -0.05) is 0 Å². The smallest absolute Gasteiger partial charge is 0.0375 e. The van der Waals surface area contributed by atoms with Crippen LogP contribution in [0.3, 0.4) is 0 Å². The first kappa shape index (κ1) is 11.1. The Balaban J connectivity index is 2.37. The molecule has 0 saturated heterocycles. The van der Waals surface area contributed by atoms with E-state index in [1.54, 1.807) is 0 Å². The van der Waals surface area contributed by atoms with Gasteiger partial charge in [0.15, 0.2) is 0 Å². The minimum Gasteiger partial charge on any atom is -0.330 e. The van der Waals surface area contributed by atoms with Crippen molar-refractivity contribution in [2.45, 2.75) is 32.9 Å². The number of aryl methyl sites for hydroxylation is 1. The Morgan fingerprint density at radius 1 is 1.57 bits per heavy atom. The summed E-state index contributed by atoms with van der Waals surface area (Å²) in [5.41, 5.74) is 7.82. The fourth-order valence-electron chi connectivity index (χ4n) is 1.36. The maximum Gasteiger partial charge on any atom is 0.0375 e. The second-order valence-corrected chi connectivity index (χ2v) is 3.66. The zero-order valence-corrected chi connectivity index (χ0v) is 8.96. The van der Waals surface area contributed by atoms with Crippen molar-refractivity contribution in [1.82, 2.24) is 10.3 Å². The molecule has 0 amide bonds. The third-order valence-electron chi connectivity index (χ3n) is 2.22. The van der Waals surface area contributed by atoms with Crippen molar-refractivity contribution in [2.24, 2.45) is 5.73 Å². The number of nitrogens with two attached hydrogens (primary N) is 1. The van der Waals surface area contributed by atoms with Gasteiger partial charge in [0.2, 0.25) is 0 Å². The van der Waals surface area contributed by atoms with Crippen molar-refractivity contribution >= 4 is 0 Å². The molecule has 3 heteroatoms. The lowest BCUT2D eigenvalue weighted by Crippen LogP contribution is -2.27. The van der Waals surface area contributed by atoms with E-state index in [9.17, 15) is 0 Å². The molecule has 0 aliphatic carbocycles. The molecule has 0 spiro atoms. The normalized spacial score (nSPS) is 12.8. The maximum absolute atomic E-state index is 5.47. The number of aromatic nitrogens is 1. The Kier molecular flexibility index (Phi) is 4.56. The first-order valence-electron chi connectivity index (χ1n) is 5.07. The van der Waals surface area contributed by atoms with Gasteiger partial charge in [-0.05, 0) is 44.5 Å². The monoisotopic (exact) mass is 193 g/mol. The van der Waals surface area contributed by atoms with Crippen molar-refractivity contribution in [1.29, 1.82) is 0 Å². The van der Waals surface area contributed by atoms with Crippen molar-refractivity contribution in [3.05, 3.63) is 29.6 Å². The highest BCUT2D eigenvalue weighted by Gasteiger charge is 1.99. The highest BCUT2D eigenvalue weighted by Crippen LogP contribution is 2.01. The van der Waals surface area contributed by atoms with E-state index in [0.29, 0.717) is 6.04 Å². The van der Waals surface area contributed by atoms with Gasteiger partial charge in [0.25, 0.3) is 0 Å². The van der Waals surface area contributed by atoms with Crippen molar-refractivity contribution in [3.63, 3.8) is 0 Å². The van der Waals surface area contributed by atoms with Gasteiger partial charge in [-0.15, -0.1) is 0 Å². The Morgan fingerprint density at radius 2 is 2.36 bits per heavy atom. The maximum atomic E-state index is 5.47. The summed E-state index contributed by atoms with van der Waals surface area (Å²) in [6.45, 7) is 5.79. The molecule has 1 aromatic heterocycles. The lowest BCUT2D eigenvalue weighted by atomic mass is 10.2. The zero-order chi connectivity index (χ0) is 10.4. The standard InChI is InChI=1S/C11H19N3/c1-9(3-5-12)14-8-11-4-6-13-10(2)7-11/h4,6-7,9,14H,3,5,8,12H2,1-2H3. The van der Waals surface area contributed by atoms with Gasteiger partial charge >= 0.3 is 0 Å². The summed E-state index contributed by atoms with van der Waals surface area (Å²) < 4.78 is 0. The largest absolute Gasteiger partial charge is 0.330 e. The van der Waals surface area contributed by atoms with Crippen LogP contribution in [0.5, 0.6) is 0 Å². The Hall–Kier alpha value is -0.930. The molecular weight excluding hydrogens is 174 g/mol. The average Bonchev–Trinajstić information content (AvgIpc) is 2.15.